The molecule has 2 N–H and O–H groups in total. The van der Waals surface area contributed by atoms with Crippen LogP contribution in [0.5, 0.6) is 0 Å². The van der Waals surface area contributed by atoms with Crippen LogP contribution in [0.25, 0.3) is 0 Å². The maximum absolute atomic E-state index is 12.5. The van der Waals surface area contributed by atoms with Crippen molar-refractivity contribution in [1.29, 1.82) is 0 Å². The third-order valence-electron chi connectivity index (χ3n) is 4.57. The zero-order valence-electron chi connectivity index (χ0n) is 16.8. The highest BCUT2D eigenvalue weighted by Crippen LogP contribution is 2.24. The first-order valence-electron chi connectivity index (χ1n) is 9.45. The molecule has 0 saturated carbocycles. The molecule has 28 heavy (non-hydrogen) atoms. The number of nitrogens with one attached hydrogen (secondary N) is 2. The van der Waals surface area contributed by atoms with E-state index in [4.69, 9.17) is 0 Å². The van der Waals surface area contributed by atoms with Gasteiger partial charge in [0.2, 0.25) is 5.95 Å². The number of rotatable bonds is 5. The minimum Gasteiger partial charge on any atom is -0.324 e. The van der Waals surface area contributed by atoms with Gasteiger partial charge in [-0.2, -0.15) is 0 Å². The number of hydrogen-bond donors (Lipinski definition) is 2. The van der Waals surface area contributed by atoms with Crippen LogP contribution in [-0.2, 0) is 11.8 Å². The summed E-state index contributed by atoms with van der Waals surface area (Å²) in [5.41, 5.74) is 4.60. The second kappa shape index (κ2) is 8.21. The minimum absolute atomic E-state index is 0.112. The van der Waals surface area contributed by atoms with Gasteiger partial charge in [-0.3, -0.25) is 4.79 Å². The molecule has 3 aromatic rings. The summed E-state index contributed by atoms with van der Waals surface area (Å²) >= 11 is 0. The fourth-order valence-electron chi connectivity index (χ4n) is 2.84. The lowest BCUT2D eigenvalue weighted by atomic mass is 9.87. The highest BCUT2D eigenvalue weighted by atomic mass is 16.1. The molecule has 2 aromatic carbocycles. The number of amides is 1. The largest absolute Gasteiger partial charge is 0.324 e. The number of aromatic nitrogens is 2. The van der Waals surface area contributed by atoms with E-state index in [0.29, 0.717) is 11.5 Å². The van der Waals surface area contributed by atoms with E-state index in [1.807, 2.05) is 36.4 Å². The average Bonchev–Trinajstić information content (AvgIpc) is 2.68. The summed E-state index contributed by atoms with van der Waals surface area (Å²) in [5, 5.41) is 6.09. The molecule has 5 nitrogen and oxygen atoms in total. The van der Waals surface area contributed by atoms with E-state index in [1.165, 1.54) is 18.0 Å². The topological polar surface area (TPSA) is 66.9 Å². The van der Waals surface area contributed by atoms with Gasteiger partial charge < -0.3 is 10.6 Å². The Hall–Kier alpha value is -3.21. The molecular weight excluding hydrogens is 348 g/mol. The van der Waals surface area contributed by atoms with Gasteiger partial charge in [-0.05, 0) is 41.2 Å². The van der Waals surface area contributed by atoms with Gasteiger partial charge in [0.25, 0.3) is 5.91 Å². The number of para-hydroxylation sites is 1. The lowest BCUT2D eigenvalue weighted by Crippen LogP contribution is -2.14. The van der Waals surface area contributed by atoms with Crippen molar-refractivity contribution in [3.8, 4) is 0 Å². The molecule has 0 saturated heterocycles. The van der Waals surface area contributed by atoms with Crippen molar-refractivity contribution >= 4 is 23.2 Å². The van der Waals surface area contributed by atoms with E-state index in [0.717, 1.165) is 23.4 Å². The molecule has 0 bridgehead atoms. The Morgan fingerprint density at radius 1 is 0.964 bits per heavy atom. The van der Waals surface area contributed by atoms with Crippen LogP contribution in [0.15, 0.2) is 60.9 Å². The van der Waals surface area contributed by atoms with E-state index in [-0.39, 0.29) is 11.3 Å². The van der Waals surface area contributed by atoms with Crippen LogP contribution in [0, 0.1) is 0 Å². The summed E-state index contributed by atoms with van der Waals surface area (Å²) in [4.78, 5) is 21.0. The Morgan fingerprint density at radius 2 is 1.61 bits per heavy atom. The van der Waals surface area contributed by atoms with Crippen molar-refractivity contribution in [3.63, 3.8) is 0 Å². The molecule has 1 heterocycles. The second-order valence-corrected chi connectivity index (χ2v) is 7.71. The maximum Gasteiger partial charge on any atom is 0.258 e. The van der Waals surface area contributed by atoms with Crippen molar-refractivity contribution in [2.45, 2.75) is 39.5 Å². The Morgan fingerprint density at radius 3 is 2.21 bits per heavy atom. The van der Waals surface area contributed by atoms with Crippen molar-refractivity contribution in [2.75, 3.05) is 10.6 Å². The molecule has 1 aromatic heterocycles. The van der Waals surface area contributed by atoms with Gasteiger partial charge in [0.1, 0.15) is 0 Å². The highest BCUT2D eigenvalue weighted by molar-refractivity contribution is 6.04. The first-order valence-corrected chi connectivity index (χ1v) is 9.45. The van der Waals surface area contributed by atoms with Crippen LogP contribution in [0.2, 0.25) is 0 Å². The zero-order valence-corrected chi connectivity index (χ0v) is 16.8. The van der Waals surface area contributed by atoms with Crippen molar-refractivity contribution in [2.24, 2.45) is 0 Å². The van der Waals surface area contributed by atoms with Crippen LogP contribution < -0.4 is 10.6 Å². The van der Waals surface area contributed by atoms with Crippen LogP contribution >= 0.6 is 0 Å². The lowest BCUT2D eigenvalue weighted by molar-refractivity contribution is 0.102. The zero-order chi connectivity index (χ0) is 20.1. The molecule has 0 atom stereocenters. The van der Waals surface area contributed by atoms with E-state index >= 15 is 0 Å². The third-order valence-corrected chi connectivity index (χ3v) is 4.57. The predicted molar refractivity (Wildman–Crippen MR) is 114 cm³/mol. The van der Waals surface area contributed by atoms with Gasteiger partial charge in [-0.25, -0.2) is 9.97 Å². The van der Waals surface area contributed by atoms with Gasteiger partial charge in [0, 0.05) is 23.8 Å². The van der Waals surface area contributed by atoms with Crippen LogP contribution in [0.4, 0.5) is 17.3 Å². The predicted octanol–water partition coefficient (Wildman–Crippen LogP) is 5.33. The molecule has 0 spiro atoms. The number of aryl methyl sites for hydroxylation is 1. The summed E-state index contributed by atoms with van der Waals surface area (Å²) in [5.74, 6) is 0.232. The standard InChI is InChI=1S/C23H26N4O/c1-5-16-8-6-7-9-20(16)27-21(28)17-14-24-22(25-15-17)26-19-12-10-18(11-13-19)23(2,3)4/h6-15H,5H2,1-4H3,(H,27,28)(H,24,25,26). The molecule has 0 aliphatic heterocycles. The van der Waals surface area contributed by atoms with E-state index in [9.17, 15) is 4.79 Å². The Labute approximate surface area is 166 Å². The third kappa shape index (κ3) is 4.74. The summed E-state index contributed by atoms with van der Waals surface area (Å²) in [7, 11) is 0. The van der Waals surface area contributed by atoms with Crippen LogP contribution in [0.3, 0.4) is 0 Å². The smallest absolute Gasteiger partial charge is 0.258 e. The summed E-state index contributed by atoms with van der Waals surface area (Å²) in [6.07, 6.45) is 3.91. The maximum atomic E-state index is 12.5. The molecule has 0 radical (unpaired) electrons. The van der Waals surface area contributed by atoms with Crippen molar-refractivity contribution in [3.05, 3.63) is 77.6 Å². The summed E-state index contributed by atoms with van der Waals surface area (Å²) in [6, 6.07) is 16.0. The van der Waals surface area contributed by atoms with Crippen molar-refractivity contribution in [1.82, 2.24) is 9.97 Å². The Balaban J connectivity index is 1.67. The fourth-order valence-corrected chi connectivity index (χ4v) is 2.84. The summed E-state index contributed by atoms with van der Waals surface area (Å²) in [6.45, 7) is 8.60. The number of carbonyl (C=O) groups is 1. The van der Waals surface area contributed by atoms with Crippen LogP contribution in [0.1, 0.15) is 49.2 Å². The van der Waals surface area contributed by atoms with Crippen LogP contribution in [-0.4, -0.2) is 15.9 Å². The normalized spacial score (nSPS) is 11.1. The second-order valence-electron chi connectivity index (χ2n) is 7.71. The number of benzene rings is 2. The molecule has 5 heteroatoms. The number of nitrogens with zero attached hydrogens (tertiary/aromatic N) is 2. The Bertz CT molecular complexity index is 942. The lowest BCUT2D eigenvalue weighted by Gasteiger charge is -2.19. The molecule has 3 rings (SSSR count). The molecule has 0 unspecified atom stereocenters. The molecule has 0 fully saturated rings. The molecular formula is C23H26N4O. The number of hydrogen-bond acceptors (Lipinski definition) is 4. The Kier molecular flexibility index (Phi) is 5.73. The van der Waals surface area contributed by atoms with Gasteiger partial charge in [0.15, 0.2) is 0 Å². The quantitative estimate of drug-likeness (QED) is 0.633. The monoisotopic (exact) mass is 374 g/mol. The minimum atomic E-state index is -0.220. The van der Waals surface area contributed by atoms with Gasteiger partial charge in [-0.15, -0.1) is 0 Å². The first-order chi connectivity index (χ1) is 13.4. The van der Waals surface area contributed by atoms with Gasteiger partial charge in [-0.1, -0.05) is 58.0 Å². The fraction of sp³-hybridized carbons (Fsp3) is 0.261. The molecule has 144 valence electrons. The van der Waals surface area contributed by atoms with Gasteiger partial charge >= 0.3 is 0 Å². The molecule has 1 amide bonds. The van der Waals surface area contributed by atoms with E-state index in [1.54, 1.807) is 0 Å². The summed E-state index contributed by atoms with van der Waals surface area (Å²) < 4.78 is 0. The highest BCUT2D eigenvalue weighted by Gasteiger charge is 2.13. The SMILES string of the molecule is CCc1ccccc1NC(=O)c1cnc(Nc2ccc(C(C)(C)C)cc2)nc1. The number of carbonyl (C=O) groups excluding carboxylic acids is 1. The molecule has 0 aliphatic carbocycles. The first kappa shape index (κ1) is 19.5. The van der Waals surface area contributed by atoms with E-state index in [2.05, 4.69) is 60.4 Å². The number of anilines is 3. The van der Waals surface area contributed by atoms with Gasteiger partial charge in [0.05, 0.1) is 5.56 Å². The van der Waals surface area contributed by atoms with E-state index < -0.39 is 0 Å². The average molecular weight is 374 g/mol. The molecule has 0 aliphatic rings. The van der Waals surface area contributed by atoms with Crippen molar-refractivity contribution < 1.29 is 4.79 Å².